The Balaban J connectivity index is 1.72. The Morgan fingerprint density at radius 1 is 0.639 bits per heavy atom. The van der Waals surface area contributed by atoms with Crippen molar-refractivity contribution in [3.63, 3.8) is 0 Å². The first-order valence-electron chi connectivity index (χ1n) is 13.7. The largest absolute Gasteiger partial charge is 0.298 e. The lowest BCUT2D eigenvalue weighted by atomic mass is 9.85. The van der Waals surface area contributed by atoms with E-state index >= 15 is 0 Å². The zero-order chi connectivity index (χ0) is 26.0. The summed E-state index contributed by atoms with van der Waals surface area (Å²) in [7, 11) is 0. The van der Waals surface area contributed by atoms with Gasteiger partial charge in [-0.2, -0.15) is 0 Å². The van der Waals surface area contributed by atoms with Crippen molar-refractivity contribution in [3.05, 3.63) is 46.5 Å². The molecule has 0 N–H and O–H groups in total. The van der Waals surface area contributed by atoms with E-state index in [1.807, 2.05) is 24.3 Å². The van der Waals surface area contributed by atoms with Crippen molar-refractivity contribution in [3.8, 4) is 0 Å². The van der Waals surface area contributed by atoms with Crippen LogP contribution in [0.4, 0.5) is 0 Å². The van der Waals surface area contributed by atoms with Gasteiger partial charge in [-0.05, 0) is 36.8 Å². The standard InChI is InChI=1S/C30H38N2O2S2/c1-5-9-11-19(7-3)17-31-27(33)21-13-16-24-26-22(14-15-23(25(21)26)29(31)35)28(34)32(30(24)36)18-20(8-4)12-10-6-2/h13-16,19-20H,5-12,17-18H2,1-4H3. The van der Waals surface area contributed by atoms with Gasteiger partial charge in [0.25, 0.3) is 11.8 Å². The number of benzene rings is 2. The number of thiocarbonyl (C=S) groups is 2. The van der Waals surface area contributed by atoms with E-state index in [1.165, 1.54) is 0 Å². The number of rotatable bonds is 12. The molecular formula is C30H38N2O2S2. The van der Waals surface area contributed by atoms with E-state index in [0.717, 1.165) is 73.3 Å². The van der Waals surface area contributed by atoms with Gasteiger partial charge in [0.05, 0.1) is 0 Å². The van der Waals surface area contributed by atoms with Crippen LogP contribution in [-0.4, -0.2) is 44.7 Å². The van der Waals surface area contributed by atoms with Gasteiger partial charge in [-0.25, -0.2) is 0 Å². The smallest absolute Gasteiger partial charge is 0.259 e. The minimum atomic E-state index is -0.0578. The Labute approximate surface area is 226 Å². The van der Waals surface area contributed by atoms with Crippen LogP contribution in [0.3, 0.4) is 0 Å². The van der Waals surface area contributed by atoms with Crippen molar-refractivity contribution in [2.75, 3.05) is 13.1 Å². The van der Waals surface area contributed by atoms with E-state index in [0.29, 0.717) is 46.0 Å². The van der Waals surface area contributed by atoms with Crippen LogP contribution in [0.1, 0.15) is 111 Å². The average molecular weight is 523 g/mol. The van der Waals surface area contributed by atoms with Crippen LogP contribution in [0.5, 0.6) is 0 Å². The maximum atomic E-state index is 13.7. The molecule has 0 bridgehead atoms. The molecular weight excluding hydrogens is 484 g/mol. The Morgan fingerprint density at radius 2 is 1.00 bits per heavy atom. The maximum absolute atomic E-state index is 13.7. The molecule has 36 heavy (non-hydrogen) atoms. The molecule has 0 spiro atoms. The summed E-state index contributed by atoms with van der Waals surface area (Å²) in [5.41, 5.74) is 2.99. The van der Waals surface area contributed by atoms with Crippen molar-refractivity contribution in [2.24, 2.45) is 11.8 Å². The molecule has 2 aliphatic rings. The normalized spacial score (nSPS) is 16.8. The van der Waals surface area contributed by atoms with E-state index in [9.17, 15) is 9.59 Å². The molecule has 2 heterocycles. The van der Waals surface area contributed by atoms with Gasteiger partial charge < -0.3 is 0 Å². The van der Waals surface area contributed by atoms with Gasteiger partial charge in [-0.3, -0.25) is 19.4 Å². The molecule has 2 amide bonds. The van der Waals surface area contributed by atoms with Gasteiger partial charge in [0.15, 0.2) is 0 Å². The summed E-state index contributed by atoms with van der Waals surface area (Å²) < 4.78 is 0. The number of hydrogen-bond donors (Lipinski definition) is 0. The van der Waals surface area contributed by atoms with Crippen LogP contribution in [0.25, 0.3) is 10.8 Å². The summed E-state index contributed by atoms with van der Waals surface area (Å²) in [6.07, 6.45) is 8.81. The highest BCUT2D eigenvalue weighted by Crippen LogP contribution is 2.39. The third kappa shape index (κ3) is 4.74. The number of carbonyl (C=O) groups is 2. The quantitative estimate of drug-likeness (QED) is 0.270. The molecule has 0 saturated heterocycles. The van der Waals surface area contributed by atoms with Crippen molar-refractivity contribution in [2.45, 2.75) is 79.1 Å². The second-order valence-electron chi connectivity index (χ2n) is 10.3. The van der Waals surface area contributed by atoms with E-state index < -0.39 is 0 Å². The van der Waals surface area contributed by atoms with Crippen LogP contribution in [-0.2, 0) is 0 Å². The lowest BCUT2D eigenvalue weighted by Crippen LogP contribution is -2.45. The monoisotopic (exact) mass is 522 g/mol. The first kappa shape index (κ1) is 26.9. The van der Waals surface area contributed by atoms with Crippen molar-refractivity contribution in [1.82, 2.24) is 9.80 Å². The molecule has 0 aliphatic carbocycles. The number of unbranched alkanes of at least 4 members (excludes halogenated alkanes) is 2. The molecule has 192 valence electrons. The predicted octanol–water partition coefficient (Wildman–Crippen LogP) is 7.54. The summed E-state index contributed by atoms with van der Waals surface area (Å²) in [5.74, 6) is 0.724. The van der Waals surface area contributed by atoms with Crippen LogP contribution in [0.15, 0.2) is 24.3 Å². The van der Waals surface area contributed by atoms with Gasteiger partial charge in [0.2, 0.25) is 0 Å². The molecule has 2 aromatic carbocycles. The molecule has 0 saturated carbocycles. The van der Waals surface area contributed by atoms with Gasteiger partial charge in [0.1, 0.15) is 9.98 Å². The topological polar surface area (TPSA) is 40.6 Å². The third-order valence-corrected chi connectivity index (χ3v) is 8.91. The van der Waals surface area contributed by atoms with Gasteiger partial charge >= 0.3 is 0 Å². The summed E-state index contributed by atoms with van der Waals surface area (Å²) in [5, 5.41) is 1.59. The molecule has 6 heteroatoms. The molecule has 2 aliphatic heterocycles. The van der Waals surface area contributed by atoms with Crippen molar-refractivity contribution < 1.29 is 9.59 Å². The van der Waals surface area contributed by atoms with Crippen LogP contribution >= 0.6 is 24.4 Å². The highest BCUT2D eigenvalue weighted by atomic mass is 32.1. The Morgan fingerprint density at radius 3 is 1.33 bits per heavy atom. The molecule has 0 aromatic heterocycles. The highest BCUT2D eigenvalue weighted by molar-refractivity contribution is 7.81. The minimum absolute atomic E-state index is 0.0578. The second kappa shape index (κ2) is 11.5. The molecule has 2 atom stereocenters. The number of amides is 2. The van der Waals surface area contributed by atoms with E-state index in [1.54, 1.807) is 9.80 Å². The van der Waals surface area contributed by atoms with E-state index in [-0.39, 0.29) is 11.8 Å². The summed E-state index contributed by atoms with van der Waals surface area (Å²) in [6, 6.07) is 7.67. The molecule has 2 aromatic rings. The summed E-state index contributed by atoms with van der Waals surface area (Å²) in [6.45, 7) is 10.0. The van der Waals surface area contributed by atoms with E-state index in [2.05, 4.69) is 27.7 Å². The Bertz CT molecular complexity index is 1040. The zero-order valence-electron chi connectivity index (χ0n) is 22.1. The maximum Gasteiger partial charge on any atom is 0.259 e. The third-order valence-electron chi connectivity index (χ3n) is 8.03. The van der Waals surface area contributed by atoms with E-state index in [4.69, 9.17) is 24.4 Å². The molecule has 0 radical (unpaired) electrons. The summed E-state index contributed by atoms with van der Waals surface area (Å²) in [4.78, 5) is 32.1. The number of nitrogens with zero attached hydrogens (tertiary/aromatic N) is 2. The predicted molar refractivity (Wildman–Crippen MR) is 156 cm³/mol. The van der Waals surface area contributed by atoms with Crippen molar-refractivity contribution >= 4 is 57.0 Å². The SMILES string of the molecule is CCCCC(CC)CN1C(=O)c2ccc3c4c(ccc(c24)C1=S)C(=O)N(CC(CC)CCCC)C3=S. The highest BCUT2D eigenvalue weighted by Gasteiger charge is 2.37. The van der Waals surface area contributed by atoms with Crippen LogP contribution < -0.4 is 0 Å². The molecule has 4 rings (SSSR count). The fourth-order valence-electron chi connectivity index (χ4n) is 5.66. The average Bonchev–Trinajstić information content (AvgIpc) is 2.89. The first-order chi connectivity index (χ1) is 17.4. The number of carbonyl (C=O) groups excluding carboxylic acids is 2. The van der Waals surface area contributed by atoms with Crippen LogP contribution in [0, 0.1) is 11.8 Å². The molecule has 4 nitrogen and oxygen atoms in total. The van der Waals surface area contributed by atoms with Gasteiger partial charge in [-0.1, -0.05) is 103 Å². The minimum Gasteiger partial charge on any atom is -0.298 e. The van der Waals surface area contributed by atoms with Gasteiger partial charge in [-0.15, -0.1) is 0 Å². The Kier molecular flexibility index (Phi) is 8.56. The van der Waals surface area contributed by atoms with Crippen molar-refractivity contribution in [1.29, 1.82) is 0 Å². The van der Waals surface area contributed by atoms with Crippen LogP contribution in [0.2, 0.25) is 0 Å². The van der Waals surface area contributed by atoms with Gasteiger partial charge in [0, 0.05) is 46.1 Å². The fourth-order valence-corrected chi connectivity index (χ4v) is 6.31. The summed E-state index contributed by atoms with van der Waals surface area (Å²) >= 11 is 11.8. The second-order valence-corrected chi connectivity index (χ2v) is 11.1. The number of hydrogen-bond acceptors (Lipinski definition) is 4. The lowest BCUT2D eigenvalue weighted by Gasteiger charge is -2.36. The molecule has 2 unspecified atom stereocenters. The molecule has 0 fully saturated rings. The first-order valence-corrected chi connectivity index (χ1v) is 14.5. The lowest BCUT2D eigenvalue weighted by molar-refractivity contribution is 0.0819. The Hall–Kier alpha value is -2.18. The zero-order valence-corrected chi connectivity index (χ0v) is 23.7. The fraction of sp³-hybridized carbons (Fsp3) is 0.533.